The summed E-state index contributed by atoms with van der Waals surface area (Å²) in [5.41, 5.74) is -0.449. The van der Waals surface area contributed by atoms with Gasteiger partial charge >= 0.3 is 0 Å². The summed E-state index contributed by atoms with van der Waals surface area (Å²) in [5, 5.41) is 0. The van der Waals surface area contributed by atoms with E-state index in [-0.39, 0.29) is 11.6 Å². The predicted octanol–water partition coefficient (Wildman–Crippen LogP) is 3.55. The summed E-state index contributed by atoms with van der Waals surface area (Å²) in [6.45, 7) is 11.2. The molecule has 2 nitrogen and oxygen atoms in total. The minimum absolute atomic E-state index is 0.0357. The Morgan fingerprint density at radius 1 is 1.31 bits per heavy atom. The fourth-order valence-electron chi connectivity index (χ4n) is 1.60. The van der Waals surface area contributed by atoms with E-state index >= 15 is 0 Å². The summed E-state index contributed by atoms with van der Waals surface area (Å²) in [6.07, 6.45) is 4.49. The molecule has 2 heteroatoms. The summed E-state index contributed by atoms with van der Waals surface area (Å²) in [6, 6.07) is 0. The van der Waals surface area contributed by atoms with Crippen LogP contribution in [0.3, 0.4) is 0 Å². The monoisotopic (exact) mass is 224 g/mol. The molecule has 0 saturated carbocycles. The number of carbonyl (C=O) groups is 2. The van der Waals surface area contributed by atoms with Gasteiger partial charge in [-0.1, -0.05) is 40.2 Å². The van der Waals surface area contributed by atoms with E-state index in [1.165, 1.54) is 0 Å². The second-order valence-corrected chi connectivity index (χ2v) is 5.26. The van der Waals surface area contributed by atoms with Crippen molar-refractivity contribution in [3.63, 3.8) is 0 Å². The van der Waals surface area contributed by atoms with Crippen molar-refractivity contribution in [1.29, 1.82) is 0 Å². The minimum atomic E-state index is -0.482. The SMILES string of the molecule is C=CCC(C(=O)CCCC)C(=O)C(C)(C)C. The van der Waals surface area contributed by atoms with E-state index in [4.69, 9.17) is 0 Å². The summed E-state index contributed by atoms with van der Waals surface area (Å²) >= 11 is 0. The molecule has 0 aromatic carbocycles. The zero-order valence-corrected chi connectivity index (χ0v) is 11.0. The fraction of sp³-hybridized carbons (Fsp3) is 0.714. The highest BCUT2D eigenvalue weighted by Crippen LogP contribution is 2.24. The van der Waals surface area contributed by atoms with Gasteiger partial charge in [-0.3, -0.25) is 9.59 Å². The molecule has 16 heavy (non-hydrogen) atoms. The average molecular weight is 224 g/mol. The molecular formula is C14H24O2. The Bertz CT molecular complexity index is 258. The highest BCUT2D eigenvalue weighted by Gasteiger charge is 2.32. The van der Waals surface area contributed by atoms with E-state index in [1.54, 1.807) is 6.08 Å². The molecule has 0 bridgehead atoms. The lowest BCUT2D eigenvalue weighted by Crippen LogP contribution is -2.33. The van der Waals surface area contributed by atoms with Gasteiger partial charge in [-0.05, 0) is 12.8 Å². The van der Waals surface area contributed by atoms with Crippen molar-refractivity contribution in [2.45, 2.75) is 53.4 Å². The third-order valence-electron chi connectivity index (χ3n) is 2.62. The lowest BCUT2D eigenvalue weighted by atomic mass is 9.79. The van der Waals surface area contributed by atoms with Gasteiger partial charge < -0.3 is 0 Å². The van der Waals surface area contributed by atoms with Crippen LogP contribution in [0.2, 0.25) is 0 Å². The zero-order valence-electron chi connectivity index (χ0n) is 11.0. The van der Waals surface area contributed by atoms with Crippen LogP contribution in [0.25, 0.3) is 0 Å². The van der Waals surface area contributed by atoms with Crippen molar-refractivity contribution >= 4 is 11.6 Å². The molecule has 0 spiro atoms. The Morgan fingerprint density at radius 2 is 1.88 bits per heavy atom. The van der Waals surface area contributed by atoms with Gasteiger partial charge in [-0.2, -0.15) is 0 Å². The number of rotatable bonds is 7. The topological polar surface area (TPSA) is 34.1 Å². The van der Waals surface area contributed by atoms with Crippen LogP contribution < -0.4 is 0 Å². The lowest BCUT2D eigenvalue weighted by molar-refractivity contribution is -0.137. The Morgan fingerprint density at radius 3 is 2.25 bits per heavy atom. The normalized spacial score (nSPS) is 13.2. The standard InChI is InChI=1S/C14H24O2/c1-6-8-10-12(15)11(9-7-2)13(16)14(3,4)5/h7,11H,2,6,8-10H2,1,3-5H3. The number of carbonyl (C=O) groups excluding carboxylic acids is 2. The highest BCUT2D eigenvalue weighted by atomic mass is 16.2. The van der Waals surface area contributed by atoms with E-state index in [1.807, 2.05) is 27.7 Å². The molecule has 0 N–H and O–H groups in total. The molecule has 0 fully saturated rings. The van der Waals surface area contributed by atoms with Crippen LogP contribution in [-0.4, -0.2) is 11.6 Å². The molecule has 92 valence electrons. The van der Waals surface area contributed by atoms with Gasteiger partial charge in [0.15, 0.2) is 0 Å². The molecule has 0 aromatic heterocycles. The molecule has 0 rings (SSSR count). The van der Waals surface area contributed by atoms with Crippen LogP contribution in [0.1, 0.15) is 53.4 Å². The van der Waals surface area contributed by atoms with Crippen molar-refractivity contribution in [2.75, 3.05) is 0 Å². The Kier molecular flexibility index (Phi) is 6.24. The summed E-state index contributed by atoms with van der Waals surface area (Å²) in [5.74, 6) is -0.376. The first-order valence-corrected chi connectivity index (χ1v) is 6.02. The zero-order chi connectivity index (χ0) is 12.8. The first kappa shape index (κ1) is 15.1. The summed E-state index contributed by atoms with van der Waals surface area (Å²) < 4.78 is 0. The van der Waals surface area contributed by atoms with Gasteiger partial charge in [0.1, 0.15) is 11.6 Å². The summed E-state index contributed by atoms with van der Waals surface area (Å²) in [7, 11) is 0. The van der Waals surface area contributed by atoms with Crippen LogP contribution in [0.15, 0.2) is 12.7 Å². The molecule has 0 aromatic rings. The second kappa shape index (κ2) is 6.62. The number of ketones is 2. The molecule has 0 radical (unpaired) electrons. The third-order valence-corrected chi connectivity index (χ3v) is 2.62. The number of unbranched alkanes of at least 4 members (excludes halogenated alkanes) is 1. The molecule has 0 saturated heterocycles. The first-order valence-electron chi connectivity index (χ1n) is 6.02. The number of hydrogen-bond acceptors (Lipinski definition) is 2. The Hall–Kier alpha value is -0.920. The maximum absolute atomic E-state index is 12.1. The van der Waals surface area contributed by atoms with Crippen molar-refractivity contribution in [2.24, 2.45) is 11.3 Å². The van der Waals surface area contributed by atoms with Gasteiger partial charge in [0.25, 0.3) is 0 Å². The van der Waals surface area contributed by atoms with Crippen molar-refractivity contribution in [1.82, 2.24) is 0 Å². The number of hydrogen-bond donors (Lipinski definition) is 0. The fourth-order valence-corrected chi connectivity index (χ4v) is 1.60. The molecule has 1 atom stereocenters. The number of Topliss-reactive ketones (excluding diaryl/α,β-unsaturated/α-hetero) is 2. The first-order chi connectivity index (χ1) is 7.34. The third kappa shape index (κ3) is 4.73. The largest absolute Gasteiger partial charge is 0.299 e. The molecule has 0 aliphatic rings. The molecule has 1 unspecified atom stereocenters. The smallest absolute Gasteiger partial charge is 0.148 e. The van der Waals surface area contributed by atoms with E-state index in [9.17, 15) is 9.59 Å². The predicted molar refractivity (Wildman–Crippen MR) is 67.3 cm³/mol. The highest BCUT2D eigenvalue weighted by molar-refractivity contribution is 6.04. The van der Waals surface area contributed by atoms with Gasteiger partial charge in [0.2, 0.25) is 0 Å². The second-order valence-electron chi connectivity index (χ2n) is 5.26. The quantitative estimate of drug-likeness (QED) is 0.489. The minimum Gasteiger partial charge on any atom is -0.299 e. The van der Waals surface area contributed by atoms with Crippen molar-refractivity contribution in [3.05, 3.63) is 12.7 Å². The van der Waals surface area contributed by atoms with E-state index in [0.717, 1.165) is 12.8 Å². The molecule has 0 aliphatic heterocycles. The van der Waals surface area contributed by atoms with Gasteiger partial charge in [-0.25, -0.2) is 0 Å². The maximum Gasteiger partial charge on any atom is 0.148 e. The maximum atomic E-state index is 12.1. The van der Waals surface area contributed by atoms with Crippen LogP contribution >= 0.6 is 0 Å². The van der Waals surface area contributed by atoms with Crippen molar-refractivity contribution < 1.29 is 9.59 Å². The van der Waals surface area contributed by atoms with Gasteiger partial charge in [0.05, 0.1) is 5.92 Å². The van der Waals surface area contributed by atoms with E-state index in [0.29, 0.717) is 12.8 Å². The Balaban J connectivity index is 4.66. The van der Waals surface area contributed by atoms with Gasteiger partial charge in [0, 0.05) is 11.8 Å². The van der Waals surface area contributed by atoms with Crippen LogP contribution in [-0.2, 0) is 9.59 Å². The molecule has 0 heterocycles. The van der Waals surface area contributed by atoms with Crippen LogP contribution in [0, 0.1) is 11.3 Å². The number of allylic oxidation sites excluding steroid dienone is 1. The van der Waals surface area contributed by atoms with Crippen molar-refractivity contribution in [3.8, 4) is 0 Å². The molecule has 0 aliphatic carbocycles. The molecular weight excluding hydrogens is 200 g/mol. The van der Waals surface area contributed by atoms with Crippen LogP contribution in [0.5, 0.6) is 0 Å². The Labute approximate surface area is 99.1 Å². The summed E-state index contributed by atoms with van der Waals surface area (Å²) in [4.78, 5) is 24.0. The van der Waals surface area contributed by atoms with Crippen LogP contribution in [0.4, 0.5) is 0 Å². The molecule has 0 amide bonds. The van der Waals surface area contributed by atoms with E-state index < -0.39 is 11.3 Å². The van der Waals surface area contributed by atoms with E-state index in [2.05, 4.69) is 6.58 Å². The lowest BCUT2D eigenvalue weighted by Gasteiger charge is -2.22. The van der Waals surface area contributed by atoms with Gasteiger partial charge in [-0.15, -0.1) is 6.58 Å². The average Bonchev–Trinajstić information content (AvgIpc) is 2.20.